The maximum Gasteiger partial charge on any atom is 0.0991 e. The topological polar surface area (TPSA) is 52.0 Å². The average molecular weight is 365 g/mol. The number of nitrogens with zero attached hydrogens (tertiary/aromatic N) is 3. The number of hydrogen-bond donors (Lipinski definition) is 1. The van der Waals surface area contributed by atoms with Gasteiger partial charge in [0.05, 0.1) is 17.1 Å². The van der Waals surface area contributed by atoms with Crippen LogP contribution in [-0.4, -0.2) is 47.6 Å². The van der Waals surface area contributed by atoms with Gasteiger partial charge in [-0.05, 0) is 61.7 Å². The first kappa shape index (κ1) is 19.7. The number of anilines is 2. The fourth-order valence-corrected chi connectivity index (χ4v) is 3.58. The van der Waals surface area contributed by atoms with E-state index in [4.69, 9.17) is 10.2 Å². The summed E-state index contributed by atoms with van der Waals surface area (Å²) in [5.74, 6) is 0. The van der Waals surface area contributed by atoms with Gasteiger partial charge < -0.3 is 10.2 Å². The van der Waals surface area contributed by atoms with Gasteiger partial charge in [0.15, 0.2) is 0 Å². The number of benzene rings is 2. The predicted molar refractivity (Wildman–Crippen MR) is 112 cm³/mol. The quantitative estimate of drug-likeness (QED) is 0.703. The van der Waals surface area contributed by atoms with Crippen molar-refractivity contribution in [2.75, 3.05) is 23.3 Å². The van der Waals surface area contributed by atoms with E-state index >= 15 is 0 Å². The van der Waals surface area contributed by atoms with Crippen LogP contribution in [-0.2, 0) is 6.54 Å². The first-order valence-electron chi connectivity index (χ1n) is 9.12. The number of nitrogens with one attached hydrogen (secondary N) is 1. The van der Waals surface area contributed by atoms with Crippen LogP contribution in [0.2, 0.25) is 0 Å². The van der Waals surface area contributed by atoms with Gasteiger partial charge in [-0.15, -0.1) is 0 Å². The second-order valence-corrected chi connectivity index (χ2v) is 6.87. The second-order valence-electron chi connectivity index (χ2n) is 6.87. The summed E-state index contributed by atoms with van der Waals surface area (Å²) in [5, 5.41) is 13.5. The zero-order valence-electron chi connectivity index (χ0n) is 16.0. The third kappa shape index (κ3) is 4.44. The molecule has 4 rings (SSSR count). The summed E-state index contributed by atoms with van der Waals surface area (Å²) in [5.41, 5.74) is 6.33. The van der Waals surface area contributed by atoms with Crippen molar-refractivity contribution in [3.05, 3.63) is 65.4 Å². The van der Waals surface area contributed by atoms with Crippen LogP contribution in [0.1, 0.15) is 29.7 Å². The summed E-state index contributed by atoms with van der Waals surface area (Å²) in [6, 6.07) is 18.4. The molecule has 1 aliphatic rings. The largest absolute Gasteiger partial charge is 0.381 e. The third-order valence-electron chi connectivity index (χ3n) is 4.94. The van der Waals surface area contributed by atoms with Crippen molar-refractivity contribution in [2.24, 2.45) is 0 Å². The molecule has 2 heterocycles. The van der Waals surface area contributed by atoms with Gasteiger partial charge in [0.2, 0.25) is 0 Å². The molecule has 1 N–H and O–H groups in total. The van der Waals surface area contributed by atoms with Crippen molar-refractivity contribution in [1.29, 1.82) is 5.26 Å². The van der Waals surface area contributed by atoms with Gasteiger partial charge in [-0.1, -0.05) is 12.1 Å². The van der Waals surface area contributed by atoms with Crippen LogP contribution >= 0.6 is 0 Å². The van der Waals surface area contributed by atoms with E-state index in [1.54, 1.807) is 0 Å². The molecule has 1 radical (unpaired) electrons. The van der Waals surface area contributed by atoms with E-state index in [0.717, 1.165) is 36.5 Å². The minimum atomic E-state index is 0. The summed E-state index contributed by atoms with van der Waals surface area (Å²) >= 11 is 0. The molecule has 0 unspecified atom stereocenters. The minimum Gasteiger partial charge on any atom is -0.381 e. The number of fused-ring (bicyclic) bond motifs is 1. The zero-order chi connectivity index (χ0) is 17.9. The first-order valence-corrected chi connectivity index (χ1v) is 9.12. The predicted octanol–water partition coefficient (Wildman–Crippen LogP) is 4.25. The molecule has 3 aromatic rings. The normalized spacial score (nSPS) is 13.3. The Labute approximate surface area is 182 Å². The molecule has 0 amide bonds. The number of hydrogen-bond acceptors (Lipinski definition) is 4. The van der Waals surface area contributed by atoms with Gasteiger partial charge in [0.1, 0.15) is 0 Å². The van der Waals surface area contributed by atoms with Crippen molar-refractivity contribution in [3.8, 4) is 6.07 Å². The summed E-state index contributed by atoms with van der Waals surface area (Å²) in [4.78, 5) is 7.23. The summed E-state index contributed by atoms with van der Waals surface area (Å²) in [6.45, 7) is 5.08. The van der Waals surface area contributed by atoms with Gasteiger partial charge in [0.25, 0.3) is 0 Å². The van der Waals surface area contributed by atoms with Crippen LogP contribution < -0.4 is 10.2 Å². The maximum absolute atomic E-state index is 8.88. The maximum atomic E-state index is 8.88. The minimum absolute atomic E-state index is 0. The van der Waals surface area contributed by atoms with E-state index in [9.17, 15) is 0 Å². The summed E-state index contributed by atoms with van der Waals surface area (Å²) in [7, 11) is 0. The van der Waals surface area contributed by atoms with Crippen LogP contribution in [0.15, 0.2) is 48.5 Å². The third-order valence-corrected chi connectivity index (χ3v) is 4.94. The summed E-state index contributed by atoms with van der Waals surface area (Å²) in [6.07, 6.45) is 2.55. The molecule has 2 aromatic carbocycles. The molecule has 131 valence electrons. The van der Waals surface area contributed by atoms with E-state index in [2.05, 4.69) is 47.5 Å². The van der Waals surface area contributed by atoms with Gasteiger partial charge in [-0.3, -0.25) is 4.98 Å². The standard InChI is InChI=1S/C22H22N4.Na/c1-16-12-22(26-10-2-3-11-26)20-9-6-18(13-21(20)25-16)15-24-19-7-4-17(14-23)5-8-19;/h4-9,12-13,24H,2-3,10-11,15H2,1H3;. The molecule has 1 aliphatic heterocycles. The Morgan fingerprint density at radius 3 is 2.52 bits per heavy atom. The Hall–Kier alpha value is -2.06. The molecule has 27 heavy (non-hydrogen) atoms. The molecular weight excluding hydrogens is 343 g/mol. The SMILES string of the molecule is Cc1cc(N2CCCC2)c2ccc(CNc3ccc(C#N)cc3)cc2n1.[Na]. The molecule has 0 saturated carbocycles. The molecule has 0 bridgehead atoms. The van der Waals surface area contributed by atoms with Gasteiger partial charge >= 0.3 is 0 Å². The molecule has 1 fully saturated rings. The first-order chi connectivity index (χ1) is 12.7. The van der Waals surface area contributed by atoms with E-state index in [1.807, 2.05) is 24.3 Å². The Bertz CT molecular complexity index is 970. The van der Waals surface area contributed by atoms with Crippen molar-refractivity contribution < 1.29 is 0 Å². The van der Waals surface area contributed by atoms with Crippen LogP contribution in [0.5, 0.6) is 0 Å². The average Bonchev–Trinajstić information content (AvgIpc) is 3.20. The molecule has 0 aliphatic carbocycles. The van der Waals surface area contributed by atoms with E-state index in [1.165, 1.54) is 29.5 Å². The second kappa shape index (κ2) is 8.75. The molecule has 0 spiro atoms. The monoisotopic (exact) mass is 365 g/mol. The van der Waals surface area contributed by atoms with Gasteiger partial charge in [0, 0.05) is 71.6 Å². The number of aryl methyl sites for hydroxylation is 1. The Balaban J connectivity index is 0.00000210. The molecule has 0 atom stereocenters. The van der Waals surface area contributed by atoms with Gasteiger partial charge in [-0.2, -0.15) is 5.26 Å². The van der Waals surface area contributed by atoms with Crippen molar-refractivity contribution in [3.63, 3.8) is 0 Å². The molecule has 1 aromatic heterocycles. The van der Waals surface area contributed by atoms with Crippen molar-refractivity contribution in [1.82, 2.24) is 4.98 Å². The number of pyridine rings is 1. The Morgan fingerprint density at radius 1 is 1.07 bits per heavy atom. The fraction of sp³-hybridized carbons (Fsp3) is 0.273. The molecule has 1 saturated heterocycles. The number of nitriles is 1. The Kier molecular flexibility index (Phi) is 6.38. The Morgan fingerprint density at radius 2 is 1.81 bits per heavy atom. The van der Waals surface area contributed by atoms with Crippen LogP contribution in [0.25, 0.3) is 10.9 Å². The number of rotatable bonds is 4. The zero-order valence-corrected chi connectivity index (χ0v) is 18.0. The van der Waals surface area contributed by atoms with Gasteiger partial charge in [-0.25, -0.2) is 0 Å². The van der Waals surface area contributed by atoms with E-state index < -0.39 is 0 Å². The van der Waals surface area contributed by atoms with E-state index in [-0.39, 0.29) is 29.6 Å². The molecular formula is C22H22N4Na. The van der Waals surface area contributed by atoms with Crippen LogP contribution in [0.3, 0.4) is 0 Å². The smallest absolute Gasteiger partial charge is 0.0991 e. The van der Waals surface area contributed by atoms with E-state index in [0.29, 0.717) is 5.56 Å². The molecule has 5 heteroatoms. The van der Waals surface area contributed by atoms with Crippen molar-refractivity contribution >= 4 is 51.8 Å². The molecule has 4 nitrogen and oxygen atoms in total. The van der Waals surface area contributed by atoms with Crippen molar-refractivity contribution in [2.45, 2.75) is 26.3 Å². The van der Waals surface area contributed by atoms with Crippen LogP contribution in [0, 0.1) is 18.3 Å². The fourth-order valence-electron chi connectivity index (χ4n) is 3.58. The van der Waals surface area contributed by atoms with Crippen LogP contribution in [0.4, 0.5) is 11.4 Å². The summed E-state index contributed by atoms with van der Waals surface area (Å²) < 4.78 is 0. The number of aromatic nitrogens is 1.